The van der Waals surface area contributed by atoms with Gasteiger partial charge in [0.25, 0.3) is 0 Å². The first kappa shape index (κ1) is 13.0. The molecule has 2 heterocycles. The van der Waals surface area contributed by atoms with Crippen molar-refractivity contribution < 1.29 is 9.90 Å². The lowest BCUT2D eigenvalue weighted by Gasteiger charge is -2.07. The topological polar surface area (TPSA) is 76.0 Å². The highest BCUT2D eigenvalue weighted by molar-refractivity contribution is 8.01. The number of aromatic nitrogens is 3. The van der Waals surface area contributed by atoms with Gasteiger partial charge in [0.2, 0.25) is 0 Å². The largest absolute Gasteiger partial charge is 0.478 e. The summed E-state index contributed by atoms with van der Waals surface area (Å²) < 4.78 is 0.771. The molecule has 94 valence electrons. The molecule has 2 aromatic heterocycles. The highest BCUT2D eigenvalue weighted by atomic mass is 32.2. The van der Waals surface area contributed by atoms with Gasteiger partial charge in [0.05, 0.1) is 11.3 Å². The SMILES string of the molecule is Cc1csc(Sc2nnc(C)c(C)c2C(=O)O)n1. The van der Waals surface area contributed by atoms with Crippen molar-refractivity contribution in [1.82, 2.24) is 15.2 Å². The highest BCUT2D eigenvalue weighted by Gasteiger charge is 2.19. The van der Waals surface area contributed by atoms with E-state index in [-0.39, 0.29) is 5.56 Å². The molecule has 2 rings (SSSR count). The van der Waals surface area contributed by atoms with E-state index < -0.39 is 5.97 Å². The van der Waals surface area contributed by atoms with Crippen LogP contribution in [0.4, 0.5) is 0 Å². The van der Waals surface area contributed by atoms with Crippen molar-refractivity contribution >= 4 is 29.1 Å². The van der Waals surface area contributed by atoms with Gasteiger partial charge < -0.3 is 5.11 Å². The fourth-order valence-electron chi connectivity index (χ4n) is 1.37. The van der Waals surface area contributed by atoms with E-state index >= 15 is 0 Å². The quantitative estimate of drug-likeness (QED) is 0.932. The normalized spacial score (nSPS) is 10.6. The van der Waals surface area contributed by atoms with Crippen molar-refractivity contribution in [3.05, 3.63) is 27.9 Å². The zero-order chi connectivity index (χ0) is 13.3. The molecule has 0 fully saturated rings. The first-order valence-corrected chi connectivity index (χ1v) is 6.86. The predicted octanol–water partition coefficient (Wildman–Crippen LogP) is 2.71. The zero-order valence-corrected chi connectivity index (χ0v) is 11.7. The maximum absolute atomic E-state index is 11.3. The first-order valence-electron chi connectivity index (χ1n) is 5.16. The Bertz CT molecular complexity index is 610. The van der Waals surface area contributed by atoms with Gasteiger partial charge in [-0.3, -0.25) is 0 Å². The Kier molecular flexibility index (Phi) is 3.63. The second kappa shape index (κ2) is 5.03. The molecule has 0 amide bonds. The van der Waals surface area contributed by atoms with E-state index in [0.29, 0.717) is 16.3 Å². The molecule has 0 unspecified atom stereocenters. The summed E-state index contributed by atoms with van der Waals surface area (Å²) in [5.74, 6) is -0.985. The summed E-state index contributed by atoms with van der Waals surface area (Å²) in [6, 6.07) is 0. The summed E-state index contributed by atoms with van der Waals surface area (Å²) in [4.78, 5) is 15.6. The van der Waals surface area contributed by atoms with Gasteiger partial charge in [0.1, 0.15) is 5.03 Å². The summed E-state index contributed by atoms with van der Waals surface area (Å²) in [7, 11) is 0. The van der Waals surface area contributed by atoms with Crippen molar-refractivity contribution in [3.8, 4) is 0 Å². The van der Waals surface area contributed by atoms with Crippen LogP contribution in [0, 0.1) is 20.8 Å². The molecular weight excluding hydrogens is 270 g/mol. The first-order chi connectivity index (χ1) is 8.49. The smallest absolute Gasteiger partial charge is 0.338 e. The average molecular weight is 281 g/mol. The molecule has 0 aliphatic carbocycles. The van der Waals surface area contributed by atoms with Crippen molar-refractivity contribution in [3.63, 3.8) is 0 Å². The van der Waals surface area contributed by atoms with Crippen LogP contribution >= 0.6 is 23.1 Å². The fraction of sp³-hybridized carbons (Fsp3) is 0.273. The number of rotatable bonds is 3. The van der Waals surface area contributed by atoms with Crippen LogP contribution in [0.5, 0.6) is 0 Å². The Morgan fingerprint density at radius 3 is 2.61 bits per heavy atom. The summed E-state index contributed by atoms with van der Waals surface area (Å²) in [6.07, 6.45) is 0. The van der Waals surface area contributed by atoms with E-state index in [1.165, 1.54) is 23.1 Å². The van der Waals surface area contributed by atoms with Crippen LogP contribution < -0.4 is 0 Å². The molecule has 0 bridgehead atoms. The van der Waals surface area contributed by atoms with Gasteiger partial charge in [-0.05, 0) is 38.1 Å². The molecule has 0 saturated heterocycles. The Morgan fingerprint density at radius 1 is 1.33 bits per heavy atom. The molecule has 0 saturated carbocycles. The van der Waals surface area contributed by atoms with E-state index in [9.17, 15) is 9.90 Å². The molecule has 0 atom stereocenters. The molecule has 0 aliphatic heterocycles. The molecule has 1 N–H and O–H groups in total. The maximum atomic E-state index is 11.3. The lowest BCUT2D eigenvalue weighted by atomic mass is 10.1. The Morgan fingerprint density at radius 2 is 2.06 bits per heavy atom. The highest BCUT2D eigenvalue weighted by Crippen LogP contribution is 2.32. The lowest BCUT2D eigenvalue weighted by molar-refractivity contribution is 0.0690. The molecular formula is C11H11N3O2S2. The Labute approximate surface area is 112 Å². The second-order valence-electron chi connectivity index (χ2n) is 3.75. The van der Waals surface area contributed by atoms with Crippen molar-refractivity contribution in [2.45, 2.75) is 30.1 Å². The van der Waals surface area contributed by atoms with Gasteiger partial charge in [-0.25, -0.2) is 9.78 Å². The van der Waals surface area contributed by atoms with E-state index in [4.69, 9.17) is 0 Å². The number of hydrogen-bond acceptors (Lipinski definition) is 6. The summed E-state index contributed by atoms with van der Waals surface area (Å²) >= 11 is 2.71. The Balaban J connectivity index is 2.44. The number of carboxylic acids is 1. The second-order valence-corrected chi connectivity index (χ2v) is 5.85. The van der Waals surface area contributed by atoms with Gasteiger partial charge >= 0.3 is 5.97 Å². The minimum absolute atomic E-state index is 0.209. The lowest BCUT2D eigenvalue weighted by Crippen LogP contribution is -2.07. The number of aromatic carboxylic acids is 1. The summed E-state index contributed by atoms with van der Waals surface area (Å²) in [5, 5.41) is 19.5. The van der Waals surface area contributed by atoms with Gasteiger partial charge in [0.15, 0.2) is 4.34 Å². The summed E-state index contributed by atoms with van der Waals surface area (Å²) in [6.45, 7) is 5.38. The van der Waals surface area contributed by atoms with E-state index in [1.807, 2.05) is 12.3 Å². The van der Waals surface area contributed by atoms with Crippen molar-refractivity contribution in [2.24, 2.45) is 0 Å². The van der Waals surface area contributed by atoms with E-state index in [1.54, 1.807) is 13.8 Å². The zero-order valence-electron chi connectivity index (χ0n) is 10.1. The van der Waals surface area contributed by atoms with Gasteiger partial charge in [0, 0.05) is 11.1 Å². The van der Waals surface area contributed by atoms with Gasteiger partial charge in [-0.2, -0.15) is 5.10 Å². The molecule has 2 aromatic rings. The molecule has 0 spiro atoms. The molecule has 0 aromatic carbocycles. The molecule has 7 heteroatoms. The number of aryl methyl sites for hydroxylation is 2. The fourth-order valence-corrected chi connectivity index (χ4v) is 3.25. The average Bonchev–Trinajstić information content (AvgIpc) is 2.69. The molecule has 0 radical (unpaired) electrons. The molecule has 18 heavy (non-hydrogen) atoms. The number of carboxylic acid groups (broad SMARTS) is 1. The molecule has 0 aliphatic rings. The van der Waals surface area contributed by atoms with E-state index in [2.05, 4.69) is 15.2 Å². The standard InChI is InChI=1S/C11H11N3O2S2/c1-5-4-17-11(12-5)18-9-8(10(15)16)6(2)7(3)13-14-9/h4H,1-3H3,(H,15,16). The van der Waals surface area contributed by atoms with Crippen LogP contribution in [0.15, 0.2) is 14.7 Å². The van der Waals surface area contributed by atoms with Crippen LogP contribution in [-0.2, 0) is 0 Å². The van der Waals surface area contributed by atoms with Gasteiger partial charge in [-0.15, -0.1) is 16.4 Å². The summed E-state index contributed by atoms with van der Waals surface area (Å²) in [5.41, 5.74) is 2.40. The minimum Gasteiger partial charge on any atom is -0.478 e. The number of thiazole rings is 1. The van der Waals surface area contributed by atoms with Crippen LogP contribution in [0.3, 0.4) is 0 Å². The maximum Gasteiger partial charge on any atom is 0.338 e. The van der Waals surface area contributed by atoms with Gasteiger partial charge in [-0.1, -0.05) is 0 Å². The van der Waals surface area contributed by atoms with Crippen LogP contribution in [-0.4, -0.2) is 26.3 Å². The molecule has 5 nitrogen and oxygen atoms in total. The van der Waals surface area contributed by atoms with Crippen molar-refractivity contribution in [2.75, 3.05) is 0 Å². The van der Waals surface area contributed by atoms with Crippen molar-refractivity contribution in [1.29, 1.82) is 0 Å². The number of nitrogens with zero attached hydrogens (tertiary/aromatic N) is 3. The predicted molar refractivity (Wildman–Crippen MR) is 69.4 cm³/mol. The monoisotopic (exact) mass is 281 g/mol. The third-order valence-corrected chi connectivity index (χ3v) is 4.45. The Hall–Kier alpha value is -1.47. The van der Waals surface area contributed by atoms with E-state index in [0.717, 1.165) is 10.0 Å². The third kappa shape index (κ3) is 2.51. The minimum atomic E-state index is -0.985. The van der Waals surface area contributed by atoms with Crippen LogP contribution in [0.25, 0.3) is 0 Å². The third-order valence-electron chi connectivity index (χ3n) is 2.42. The van der Waals surface area contributed by atoms with Crippen LogP contribution in [0.1, 0.15) is 27.3 Å². The number of carbonyl (C=O) groups is 1. The van der Waals surface area contributed by atoms with Crippen LogP contribution in [0.2, 0.25) is 0 Å². The number of hydrogen-bond donors (Lipinski definition) is 1.